The molecule has 0 aliphatic rings. The van der Waals surface area contributed by atoms with Gasteiger partial charge in [0.1, 0.15) is 0 Å². The average Bonchev–Trinajstić information content (AvgIpc) is 2.61. The third-order valence-corrected chi connectivity index (χ3v) is 5.02. The molecule has 0 N–H and O–H groups in total. The smallest absolute Gasteiger partial charge is 0.161 e. The van der Waals surface area contributed by atoms with E-state index in [9.17, 15) is 5.26 Å². The van der Waals surface area contributed by atoms with Gasteiger partial charge in [-0.2, -0.15) is 5.26 Å². The third-order valence-electron chi connectivity index (χ3n) is 5.02. The number of nitrogens with zero attached hydrogens (tertiary/aromatic N) is 2. The second-order valence-corrected chi connectivity index (χ2v) is 6.44. The fraction of sp³-hybridized carbons (Fsp3) is 0.650. The summed E-state index contributed by atoms with van der Waals surface area (Å²) in [7, 11) is 3.26. The predicted octanol–water partition coefficient (Wildman–Crippen LogP) is 4.24. The Kier molecular flexibility index (Phi) is 8.07. The number of methoxy groups -OCH3 is 2. The van der Waals surface area contributed by atoms with Gasteiger partial charge < -0.3 is 14.4 Å². The van der Waals surface area contributed by atoms with Gasteiger partial charge in [-0.05, 0) is 56.1 Å². The zero-order valence-corrected chi connectivity index (χ0v) is 16.1. The molecule has 0 aliphatic heterocycles. The van der Waals surface area contributed by atoms with Crippen molar-refractivity contribution in [2.75, 3.05) is 33.9 Å². The van der Waals surface area contributed by atoms with E-state index in [-0.39, 0.29) is 5.92 Å². The molecule has 0 amide bonds. The van der Waals surface area contributed by atoms with Crippen LogP contribution in [0.5, 0.6) is 11.5 Å². The molecule has 1 rings (SSSR count). The Labute approximate surface area is 147 Å². The van der Waals surface area contributed by atoms with Crippen molar-refractivity contribution in [1.29, 1.82) is 5.26 Å². The minimum Gasteiger partial charge on any atom is -0.493 e. The SMILES string of the molecule is CCN(CC)CCC[C@](C#N)(c1ccc(OC)c(OC)c1)C(C)C. The second kappa shape index (κ2) is 9.54. The van der Waals surface area contributed by atoms with Crippen molar-refractivity contribution in [3.05, 3.63) is 23.8 Å². The Morgan fingerprint density at radius 3 is 2.21 bits per heavy atom. The number of benzene rings is 1. The van der Waals surface area contributed by atoms with Crippen LogP contribution in [0.15, 0.2) is 18.2 Å². The summed E-state index contributed by atoms with van der Waals surface area (Å²) < 4.78 is 10.8. The van der Waals surface area contributed by atoms with E-state index < -0.39 is 5.41 Å². The van der Waals surface area contributed by atoms with Gasteiger partial charge >= 0.3 is 0 Å². The number of hydrogen-bond donors (Lipinski definition) is 0. The molecule has 4 nitrogen and oxygen atoms in total. The van der Waals surface area contributed by atoms with Crippen LogP contribution in [0.25, 0.3) is 0 Å². The molecule has 0 unspecified atom stereocenters. The third kappa shape index (κ3) is 4.42. The standard InChI is InChI=1S/C20H32N2O2/c1-7-22(8-2)13-9-12-20(15-21,16(3)4)17-10-11-18(23-5)19(14-17)24-6/h10-11,14,16H,7-9,12-13H2,1-6H3/t20-/m1/s1. The summed E-state index contributed by atoms with van der Waals surface area (Å²) in [6.45, 7) is 11.7. The summed E-state index contributed by atoms with van der Waals surface area (Å²) in [5.41, 5.74) is 0.504. The summed E-state index contributed by atoms with van der Waals surface area (Å²) in [5, 5.41) is 10.0. The van der Waals surface area contributed by atoms with Crippen molar-refractivity contribution in [2.45, 2.75) is 46.0 Å². The van der Waals surface area contributed by atoms with Crippen LogP contribution < -0.4 is 9.47 Å². The zero-order valence-electron chi connectivity index (χ0n) is 16.1. The number of hydrogen-bond acceptors (Lipinski definition) is 4. The average molecular weight is 332 g/mol. The minimum atomic E-state index is -0.507. The summed E-state index contributed by atoms with van der Waals surface area (Å²) in [5.74, 6) is 1.59. The van der Waals surface area contributed by atoms with E-state index in [1.807, 2.05) is 18.2 Å². The molecule has 1 aromatic rings. The highest BCUT2D eigenvalue weighted by Gasteiger charge is 2.36. The van der Waals surface area contributed by atoms with Crippen LogP contribution in [-0.4, -0.2) is 38.8 Å². The molecular weight excluding hydrogens is 300 g/mol. The first-order valence-electron chi connectivity index (χ1n) is 8.85. The van der Waals surface area contributed by atoms with E-state index in [0.29, 0.717) is 11.5 Å². The van der Waals surface area contributed by atoms with Crippen molar-refractivity contribution in [2.24, 2.45) is 5.92 Å². The molecular formula is C20H32N2O2. The summed E-state index contributed by atoms with van der Waals surface area (Å²) in [6, 6.07) is 8.47. The Morgan fingerprint density at radius 1 is 1.12 bits per heavy atom. The molecule has 4 heteroatoms. The maximum atomic E-state index is 10.0. The van der Waals surface area contributed by atoms with E-state index in [2.05, 4.69) is 38.7 Å². The van der Waals surface area contributed by atoms with Gasteiger partial charge in [0.15, 0.2) is 11.5 Å². The highest BCUT2D eigenvalue weighted by molar-refractivity contribution is 5.47. The lowest BCUT2D eigenvalue weighted by molar-refractivity contribution is 0.271. The summed E-state index contributed by atoms with van der Waals surface area (Å²) >= 11 is 0. The molecule has 0 heterocycles. The van der Waals surface area contributed by atoms with Gasteiger partial charge in [-0.3, -0.25) is 0 Å². The van der Waals surface area contributed by atoms with Gasteiger partial charge in [-0.1, -0.05) is 33.8 Å². The molecule has 0 radical (unpaired) electrons. The van der Waals surface area contributed by atoms with E-state index in [1.165, 1.54) is 0 Å². The fourth-order valence-electron chi connectivity index (χ4n) is 3.25. The Balaban J connectivity index is 3.10. The maximum absolute atomic E-state index is 10.0. The molecule has 0 spiro atoms. The van der Waals surface area contributed by atoms with Gasteiger partial charge in [-0.15, -0.1) is 0 Å². The van der Waals surface area contributed by atoms with Crippen LogP contribution in [-0.2, 0) is 5.41 Å². The van der Waals surface area contributed by atoms with Crippen molar-refractivity contribution in [3.8, 4) is 17.6 Å². The van der Waals surface area contributed by atoms with Crippen molar-refractivity contribution in [3.63, 3.8) is 0 Å². The van der Waals surface area contributed by atoms with Crippen molar-refractivity contribution in [1.82, 2.24) is 4.90 Å². The minimum absolute atomic E-state index is 0.220. The quantitative estimate of drug-likeness (QED) is 0.643. The van der Waals surface area contributed by atoms with Gasteiger partial charge in [-0.25, -0.2) is 0 Å². The Bertz CT molecular complexity index is 547. The van der Waals surface area contributed by atoms with Crippen LogP contribution >= 0.6 is 0 Å². The van der Waals surface area contributed by atoms with E-state index in [4.69, 9.17) is 9.47 Å². The van der Waals surface area contributed by atoms with Crippen LogP contribution in [0.1, 0.15) is 46.1 Å². The van der Waals surface area contributed by atoms with Gasteiger partial charge in [0.05, 0.1) is 25.7 Å². The maximum Gasteiger partial charge on any atom is 0.161 e. The molecule has 0 fully saturated rings. The molecule has 1 atom stereocenters. The Hall–Kier alpha value is -1.73. The molecule has 0 saturated carbocycles. The molecule has 134 valence electrons. The molecule has 1 aromatic carbocycles. The highest BCUT2D eigenvalue weighted by atomic mass is 16.5. The number of ether oxygens (including phenoxy) is 2. The van der Waals surface area contributed by atoms with E-state index >= 15 is 0 Å². The fourth-order valence-corrected chi connectivity index (χ4v) is 3.25. The first-order chi connectivity index (χ1) is 11.5. The van der Waals surface area contributed by atoms with Crippen LogP contribution in [0.3, 0.4) is 0 Å². The second-order valence-electron chi connectivity index (χ2n) is 6.44. The van der Waals surface area contributed by atoms with Gasteiger partial charge in [0, 0.05) is 0 Å². The zero-order chi connectivity index (χ0) is 18.2. The molecule has 0 bridgehead atoms. The van der Waals surface area contributed by atoms with Crippen LogP contribution in [0, 0.1) is 17.2 Å². The first-order valence-corrected chi connectivity index (χ1v) is 8.85. The number of rotatable bonds is 10. The van der Waals surface area contributed by atoms with Gasteiger partial charge in [0.25, 0.3) is 0 Å². The van der Waals surface area contributed by atoms with Crippen molar-refractivity contribution >= 4 is 0 Å². The first kappa shape index (κ1) is 20.3. The molecule has 0 aliphatic carbocycles. The lowest BCUT2D eigenvalue weighted by atomic mass is 9.69. The van der Waals surface area contributed by atoms with E-state index in [1.54, 1.807) is 14.2 Å². The van der Waals surface area contributed by atoms with Crippen molar-refractivity contribution < 1.29 is 9.47 Å². The predicted molar refractivity (Wildman–Crippen MR) is 98.7 cm³/mol. The summed E-state index contributed by atoms with van der Waals surface area (Å²) in [6.07, 6.45) is 1.84. The lowest BCUT2D eigenvalue weighted by Crippen LogP contribution is -2.33. The topological polar surface area (TPSA) is 45.5 Å². The normalized spacial score (nSPS) is 13.6. The number of nitriles is 1. The molecule has 24 heavy (non-hydrogen) atoms. The monoisotopic (exact) mass is 332 g/mol. The van der Waals surface area contributed by atoms with Crippen LogP contribution in [0.4, 0.5) is 0 Å². The Morgan fingerprint density at radius 2 is 1.75 bits per heavy atom. The van der Waals surface area contributed by atoms with Crippen LogP contribution in [0.2, 0.25) is 0 Å². The lowest BCUT2D eigenvalue weighted by Gasteiger charge is -2.32. The van der Waals surface area contributed by atoms with E-state index in [0.717, 1.165) is 38.0 Å². The molecule has 0 saturated heterocycles. The molecule has 0 aromatic heterocycles. The summed E-state index contributed by atoms with van der Waals surface area (Å²) in [4.78, 5) is 2.40. The largest absolute Gasteiger partial charge is 0.493 e. The highest BCUT2D eigenvalue weighted by Crippen LogP contribution is 2.40. The van der Waals surface area contributed by atoms with Gasteiger partial charge in [0.2, 0.25) is 0 Å².